The molecule has 0 fully saturated rings. The first-order chi connectivity index (χ1) is 8.84. The molecular formula is C12H16F3N3O. The van der Waals surface area contributed by atoms with Crippen molar-refractivity contribution in [2.24, 2.45) is 0 Å². The Morgan fingerprint density at radius 3 is 2.63 bits per heavy atom. The van der Waals surface area contributed by atoms with Gasteiger partial charge in [0.05, 0.1) is 12.1 Å². The van der Waals surface area contributed by atoms with Gasteiger partial charge in [0.25, 0.3) is 0 Å². The van der Waals surface area contributed by atoms with Crippen molar-refractivity contribution >= 4 is 17.3 Å². The van der Waals surface area contributed by atoms with Crippen LogP contribution in [0.3, 0.4) is 0 Å². The number of benzene rings is 1. The largest absolute Gasteiger partial charge is 0.418 e. The first kappa shape index (κ1) is 15.1. The van der Waals surface area contributed by atoms with Crippen LogP contribution in [0.5, 0.6) is 0 Å². The lowest BCUT2D eigenvalue weighted by Gasteiger charge is -2.13. The predicted molar refractivity (Wildman–Crippen MR) is 67.6 cm³/mol. The molecule has 1 amide bonds. The van der Waals surface area contributed by atoms with Gasteiger partial charge in [0.2, 0.25) is 5.91 Å². The molecule has 7 heteroatoms. The molecule has 0 aliphatic heterocycles. The lowest BCUT2D eigenvalue weighted by atomic mass is 10.1. The van der Waals surface area contributed by atoms with Gasteiger partial charge in [-0.15, -0.1) is 0 Å². The summed E-state index contributed by atoms with van der Waals surface area (Å²) < 4.78 is 37.8. The van der Waals surface area contributed by atoms with Crippen LogP contribution in [0.15, 0.2) is 18.2 Å². The highest BCUT2D eigenvalue weighted by Gasteiger charge is 2.33. The van der Waals surface area contributed by atoms with Crippen LogP contribution >= 0.6 is 0 Å². The highest BCUT2D eigenvalue weighted by atomic mass is 19.4. The number of nitrogens with one attached hydrogen (secondary N) is 2. The fraction of sp³-hybridized carbons (Fsp3) is 0.417. The lowest BCUT2D eigenvalue weighted by Crippen LogP contribution is -2.30. The number of halogens is 3. The van der Waals surface area contributed by atoms with Gasteiger partial charge in [0.1, 0.15) is 0 Å². The van der Waals surface area contributed by atoms with E-state index in [1.807, 2.05) is 6.92 Å². The van der Waals surface area contributed by atoms with Crippen LogP contribution in [-0.4, -0.2) is 19.0 Å². The number of carbonyl (C=O) groups excluding carboxylic acids is 1. The third kappa shape index (κ3) is 4.69. The van der Waals surface area contributed by atoms with E-state index in [0.29, 0.717) is 6.54 Å². The summed E-state index contributed by atoms with van der Waals surface area (Å²) in [6, 6.07) is 3.45. The number of carbonyl (C=O) groups is 1. The maximum absolute atomic E-state index is 12.6. The Balaban J connectivity index is 2.68. The zero-order chi connectivity index (χ0) is 14.5. The summed E-state index contributed by atoms with van der Waals surface area (Å²) in [5, 5.41) is 5.24. The summed E-state index contributed by atoms with van der Waals surface area (Å²) in [5.41, 5.74) is 4.22. The SMILES string of the molecule is CCCNC(=O)CNc1ccc(N)c(C(F)(F)F)c1. The number of alkyl halides is 3. The second-order valence-electron chi connectivity index (χ2n) is 4.00. The van der Waals surface area contributed by atoms with E-state index in [1.165, 1.54) is 6.07 Å². The quantitative estimate of drug-likeness (QED) is 0.722. The number of amides is 1. The summed E-state index contributed by atoms with van der Waals surface area (Å²) in [6.45, 7) is 2.36. The molecule has 0 aliphatic rings. The molecule has 0 heterocycles. The van der Waals surface area contributed by atoms with Gasteiger partial charge < -0.3 is 16.4 Å². The molecule has 0 aromatic heterocycles. The van der Waals surface area contributed by atoms with Gasteiger partial charge in [-0.2, -0.15) is 13.2 Å². The highest BCUT2D eigenvalue weighted by Crippen LogP contribution is 2.34. The first-order valence-electron chi connectivity index (χ1n) is 5.82. The minimum atomic E-state index is -4.51. The second-order valence-corrected chi connectivity index (χ2v) is 4.00. The summed E-state index contributed by atoms with van der Waals surface area (Å²) in [4.78, 5) is 11.3. The van der Waals surface area contributed by atoms with E-state index in [0.717, 1.165) is 18.6 Å². The highest BCUT2D eigenvalue weighted by molar-refractivity contribution is 5.80. The minimum Gasteiger partial charge on any atom is -0.398 e. The maximum Gasteiger partial charge on any atom is 0.418 e. The van der Waals surface area contributed by atoms with Crippen molar-refractivity contribution in [3.63, 3.8) is 0 Å². The molecule has 0 aliphatic carbocycles. The van der Waals surface area contributed by atoms with Crippen molar-refractivity contribution in [1.29, 1.82) is 0 Å². The van der Waals surface area contributed by atoms with Crippen LogP contribution in [0.2, 0.25) is 0 Å². The Morgan fingerprint density at radius 2 is 2.05 bits per heavy atom. The Bertz CT molecular complexity index is 446. The average Bonchev–Trinajstić information content (AvgIpc) is 2.34. The smallest absolute Gasteiger partial charge is 0.398 e. The monoisotopic (exact) mass is 275 g/mol. The Kier molecular flexibility index (Phi) is 5.02. The predicted octanol–water partition coefficient (Wildman–Crippen LogP) is 2.23. The molecule has 0 saturated heterocycles. The molecule has 0 radical (unpaired) electrons. The van der Waals surface area contributed by atoms with Gasteiger partial charge >= 0.3 is 6.18 Å². The molecule has 4 N–H and O–H groups in total. The fourth-order valence-electron chi connectivity index (χ4n) is 1.42. The normalized spacial score (nSPS) is 11.2. The second kappa shape index (κ2) is 6.31. The van der Waals surface area contributed by atoms with Crippen LogP contribution < -0.4 is 16.4 Å². The molecule has 4 nitrogen and oxygen atoms in total. The molecule has 106 valence electrons. The van der Waals surface area contributed by atoms with Crippen molar-refractivity contribution in [3.05, 3.63) is 23.8 Å². The van der Waals surface area contributed by atoms with E-state index in [-0.39, 0.29) is 23.8 Å². The molecule has 0 bridgehead atoms. The van der Waals surface area contributed by atoms with Gasteiger partial charge in [-0.3, -0.25) is 4.79 Å². The number of anilines is 2. The molecule has 19 heavy (non-hydrogen) atoms. The molecular weight excluding hydrogens is 259 g/mol. The topological polar surface area (TPSA) is 67.2 Å². The van der Waals surface area contributed by atoms with Gasteiger partial charge in [0, 0.05) is 17.9 Å². The summed E-state index contributed by atoms with van der Waals surface area (Å²) >= 11 is 0. The Labute approximate surface area is 109 Å². The van der Waals surface area contributed by atoms with Crippen LogP contribution in [0.4, 0.5) is 24.5 Å². The van der Waals surface area contributed by atoms with Crippen molar-refractivity contribution in [3.8, 4) is 0 Å². The molecule has 1 aromatic rings. The maximum atomic E-state index is 12.6. The van der Waals surface area contributed by atoms with Gasteiger partial charge in [0.15, 0.2) is 0 Å². The van der Waals surface area contributed by atoms with Gasteiger partial charge in [-0.25, -0.2) is 0 Å². The zero-order valence-corrected chi connectivity index (χ0v) is 10.5. The van der Waals surface area contributed by atoms with Crippen molar-refractivity contribution in [2.75, 3.05) is 24.1 Å². The number of rotatable bonds is 5. The number of hydrogen-bond acceptors (Lipinski definition) is 3. The Morgan fingerprint density at radius 1 is 1.37 bits per heavy atom. The van der Waals surface area contributed by atoms with E-state index in [9.17, 15) is 18.0 Å². The van der Waals surface area contributed by atoms with E-state index in [1.54, 1.807) is 0 Å². The van der Waals surface area contributed by atoms with E-state index < -0.39 is 11.7 Å². The van der Waals surface area contributed by atoms with Crippen LogP contribution in [0, 0.1) is 0 Å². The standard InChI is InChI=1S/C12H16F3N3O/c1-2-5-17-11(19)7-18-8-3-4-10(16)9(6-8)12(13,14)15/h3-4,6,18H,2,5,7,16H2,1H3,(H,17,19). The molecule has 0 unspecified atom stereocenters. The molecule has 0 spiro atoms. The number of nitrogens with two attached hydrogens (primary N) is 1. The molecule has 0 saturated carbocycles. The van der Waals surface area contributed by atoms with Crippen LogP contribution in [-0.2, 0) is 11.0 Å². The third-order valence-corrected chi connectivity index (χ3v) is 2.38. The molecule has 1 aromatic carbocycles. The van der Waals surface area contributed by atoms with Crippen LogP contribution in [0.1, 0.15) is 18.9 Å². The molecule has 0 atom stereocenters. The van der Waals surface area contributed by atoms with Gasteiger partial charge in [-0.05, 0) is 24.6 Å². The van der Waals surface area contributed by atoms with Crippen molar-refractivity contribution < 1.29 is 18.0 Å². The molecule has 1 rings (SSSR count). The summed E-state index contributed by atoms with van der Waals surface area (Å²) in [7, 11) is 0. The third-order valence-electron chi connectivity index (χ3n) is 2.38. The summed E-state index contributed by atoms with van der Waals surface area (Å²) in [5.74, 6) is -0.271. The van der Waals surface area contributed by atoms with Crippen molar-refractivity contribution in [1.82, 2.24) is 5.32 Å². The van der Waals surface area contributed by atoms with E-state index >= 15 is 0 Å². The first-order valence-corrected chi connectivity index (χ1v) is 5.82. The lowest BCUT2D eigenvalue weighted by molar-refractivity contribution is -0.136. The summed E-state index contributed by atoms with van der Waals surface area (Å²) in [6.07, 6.45) is -3.71. The average molecular weight is 275 g/mol. The number of hydrogen-bond donors (Lipinski definition) is 3. The number of nitrogen functional groups attached to an aromatic ring is 1. The Hall–Kier alpha value is -1.92. The minimum absolute atomic E-state index is 0.0821. The van der Waals surface area contributed by atoms with Crippen LogP contribution in [0.25, 0.3) is 0 Å². The van der Waals surface area contributed by atoms with E-state index in [4.69, 9.17) is 5.73 Å². The zero-order valence-electron chi connectivity index (χ0n) is 10.5. The van der Waals surface area contributed by atoms with Gasteiger partial charge in [-0.1, -0.05) is 6.92 Å². The van der Waals surface area contributed by atoms with E-state index in [2.05, 4.69) is 10.6 Å². The fourth-order valence-corrected chi connectivity index (χ4v) is 1.42. The van der Waals surface area contributed by atoms with Crippen molar-refractivity contribution in [2.45, 2.75) is 19.5 Å².